The number of hydrogen-bond acceptors (Lipinski definition) is 5. The molecule has 5 rings (SSSR count). The molecule has 146 valence electrons. The molecule has 9 heteroatoms. The SMILES string of the molecule is O=C1N[C@]2(CCOc3ccccc32)C(=O)N1Cc1cn(-c2ccc(Cl)cc2)nn1. The fourth-order valence-electron chi connectivity index (χ4n) is 3.77. The van der Waals surface area contributed by atoms with Gasteiger partial charge in [-0.2, -0.15) is 0 Å². The number of rotatable bonds is 3. The van der Waals surface area contributed by atoms with Gasteiger partial charge in [-0.1, -0.05) is 35.0 Å². The van der Waals surface area contributed by atoms with Gasteiger partial charge in [0, 0.05) is 17.0 Å². The lowest BCUT2D eigenvalue weighted by molar-refractivity contribution is -0.133. The van der Waals surface area contributed by atoms with Crippen molar-refractivity contribution in [1.29, 1.82) is 0 Å². The van der Waals surface area contributed by atoms with Crippen LogP contribution in [0.25, 0.3) is 5.69 Å². The Balaban J connectivity index is 1.42. The molecule has 2 aliphatic rings. The van der Waals surface area contributed by atoms with E-state index in [1.165, 1.54) is 4.90 Å². The highest BCUT2D eigenvalue weighted by atomic mass is 35.5. The number of nitrogens with zero attached hydrogens (tertiary/aromatic N) is 4. The van der Waals surface area contributed by atoms with Crippen LogP contribution in [0.2, 0.25) is 5.02 Å². The van der Waals surface area contributed by atoms with Crippen LogP contribution >= 0.6 is 11.6 Å². The van der Waals surface area contributed by atoms with Crippen molar-refractivity contribution in [2.24, 2.45) is 0 Å². The van der Waals surface area contributed by atoms with Crippen LogP contribution in [-0.4, -0.2) is 38.4 Å². The Morgan fingerprint density at radius 2 is 1.93 bits per heavy atom. The minimum atomic E-state index is -1.10. The molecule has 1 N–H and O–H groups in total. The van der Waals surface area contributed by atoms with Gasteiger partial charge in [0.2, 0.25) is 0 Å². The van der Waals surface area contributed by atoms with Crippen molar-refractivity contribution in [1.82, 2.24) is 25.2 Å². The second-order valence-corrected chi connectivity index (χ2v) is 7.39. The summed E-state index contributed by atoms with van der Waals surface area (Å²) in [4.78, 5) is 27.1. The van der Waals surface area contributed by atoms with Gasteiger partial charge in [0.1, 0.15) is 11.4 Å². The molecule has 3 heterocycles. The van der Waals surface area contributed by atoms with E-state index in [-0.39, 0.29) is 12.5 Å². The predicted octanol–water partition coefficient (Wildman–Crippen LogP) is 2.65. The molecule has 3 amide bonds. The van der Waals surface area contributed by atoms with E-state index in [2.05, 4.69) is 15.6 Å². The van der Waals surface area contributed by atoms with Crippen molar-refractivity contribution in [2.45, 2.75) is 18.5 Å². The number of amides is 3. The van der Waals surface area contributed by atoms with Crippen molar-refractivity contribution in [3.63, 3.8) is 0 Å². The minimum absolute atomic E-state index is 0.0308. The summed E-state index contributed by atoms with van der Waals surface area (Å²) in [5.41, 5.74) is 0.857. The van der Waals surface area contributed by atoms with Crippen LogP contribution in [0.3, 0.4) is 0 Å². The molecule has 0 aliphatic carbocycles. The molecule has 1 saturated heterocycles. The van der Waals surface area contributed by atoms with Gasteiger partial charge >= 0.3 is 6.03 Å². The summed E-state index contributed by atoms with van der Waals surface area (Å²) in [5.74, 6) is 0.308. The van der Waals surface area contributed by atoms with E-state index in [1.54, 1.807) is 29.1 Å². The Kier molecular flexibility index (Phi) is 4.02. The van der Waals surface area contributed by atoms with Gasteiger partial charge in [0.15, 0.2) is 5.54 Å². The molecule has 1 atom stereocenters. The number of urea groups is 1. The van der Waals surface area contributed by atoms with Crippen molar-refractivity contribution in [3.8, 4) is 11.4 Å². The molecule has 2 aromatic carbocycles. The number of aromatic nitrogens is 3. The molecule has 0 unspecified atom stereocenters. The number of para-hydroxylation sites is 1. The highest BCUT2D eigenvalue weighted by Crippen LogP contribution is 2.41. The zero-order valence-corrected chi connectivity index (χ0v) is 16.0. The van der Waals surface area contributed by atoms with E-state index < -0.39 is 11.6 Å². The maximum absolute atomic E-state index is 13.3. The highest BCUT2D eigenvalue weighted by molar-refractivity contribution is 6.30. The average Bonchev–Trinajstić information content (AvgIpc) is 3.29. The molecule has 8 nitrogen and oxygen atoms in total. The first-order chi connectivity index (χ1) is 14.1. The van der Waals surface area contributed by atoms with E-state index in [1.807, 2.05) is 30.3 Å². The number of benzene rings is 2. The molecule has 3 aromatic rings. The number of carbonyl (C=O) groups is 2. The van der Waals surface area contributed by atoms with Gasteiger partial charge in [-0.15, -0.1) is 5.10 Å². The molecule has 1 aromatic heterocycles. The first kappa shape index (κ1) is 17.7. The van der Waals surface area contributed by atoms with E-state index in [4.69, 9.17) is 16.3 Å². The van der Waals surface area contributed by atoms with Gasteiger partial charge in [-0.05, 0) is 30.3 Å². The lowest BCUT2D eigenvalue weighted by Crippen LogP contribution is -2.47. The Morgan fingerprint density at radius 3 is 2.76 bits per heavy atom. The van der Waals surface area contributed by atoms with Crippen LogP contribution in [0, 0.1) is 0 Å². The monoisotopic (exact) mass is 409 g/mol. The van der Waals surface area contributed by atoms with Gasteiger partial charge in [0.05, 0.1) is 25.0 Å². The van der Waals surface area contributed by atoms with Gasteiger partial charge < -0.3 is 10.1 Å². The topological polar surface area (TPSA) is 89.4 Å². The molecule has 1 spiro atoms. The summed E-state index contributed by atoms with van der Waals surface area (Å²) >= 11 is 5.91. The Labute approximate surface area is 171 Å². The zero-order valence-electron chi connectivity index (χ0n) is 15.2. The number of carbonyl (C=O) groups excluding carboxylic acids is 2. The number of imide groups is 1. The fourth-order valence-corrected chi connectivity index (χ4v) is 3.89. The van der Waals surface area contributed by atoms with Gasteiger partial charge in [0.25, 0.3) is 5.91 Å². The van der Waals surface area contributed by atoms with Crippen molar-refractivity contribution in [3.05, 3.63) is 71.0 Å². The maximum atomic E-state index is 13.3. The van der Waals surface area contributed by atoms with E-state index in [0.29, 0.717) is 35.1 Å². The second-order valence-electron chi connectivity index (χ2n) is 6.95. The summed E-state index contributed by atoms with van der Waals surface area (Å²) in [7, 11) is 0. The predicted molar refractivity (Wildman–Crippen MR) is 104 cm³/mol. The standard InChI is InChI=1S/C20H16ClN5O3/c21-13-5-7-15(8-6-13)26-12-14(23-24-26)11-25-18(27)20(22-19(25)28)9-10-29-17-4-2-1-3-16(17)20/h1-8,12H,9-11H2,(H,22,28)/t20-/m0/s1. The number of halogens is 1. The Bertz CT molecular complexity index is 1110. The lowest BCUT2D eigenvalue weighted by Gasteiger charge is -2.33. The normalized spacial score (nSPS) is 20.5. The summed E-state index contributed by atoms with van der Waals surface area (Å²) in [6, 6.07) is 14.0. The number of ether oxygens (including phenoxy) is 1. The lowest BCUT2D eigenvalue weighted by atomic mass is 9.84. The molecule has 0 radical (unpaired) electrons. The number of hydrogen-bond donors (Lipinski definition) is 1. The number of fused-ring (bicyclic) bond motifs is 2. The van der Waals surface area contributed by atoms with Crippen LogP contribution in [0.1, 0.15) is 17.7 Å². The van der Waals surface area contributed by atoms with Crippen molar-refractivity contribution >= 4 is 23.5 Å². The first-order valence-corrected chi connectivity index (χ1v) is 9.48. The minimum Gasteiger partial charge on any atom is -0.493 e. The van der Waals surface area contributed by atoms with E-state index >= 15 is 0 Å². The van der Waals surface area contributed by atoms with E-state index in [0.717, 1.165) is 5.69 Å². The summed E-state index contributed by atoms with van der Waals surface area (Å²) < 4.78 is 7.22. The van der Waals surface area contributed by atoms with E-state index in [9.17, 15) is 9.59 Å². The van der Waals surface area contributed by atoms with Gasteiger partial charge in [-0.25, -0.2) is 9.48 Å². The largest absolute Gasteiger partial charge is 0.493 e. The Morgan fingerprint density at radius 1 is 1.14 bits per heavy atom. The molecule has 2 aliphatic heterocycles. The average molecular weight is 410 g/mol. The quantitative estimate of drug-likeness (QED) is 0.672. The van der Waals surface area contributed by atoms with Crippen LogP contribution in [-0.2, 0) is 16.9 Å². The maximum Gasteiger partial charge on any atom is 0.325 e. The summed E-state index contributed by atoms with van der Waals surface area (Å²) in [6.07, 6.45) is 2.06. The molecular weight excluding hydrogens is 394 g/mol. The highest BCUT2D eigenvalue weighted by Gasteiger charge is 2.54. The molecule has 0 saturated carbocycles. The smallest absolute Gasteiger partial charge is 0.325 e. The van der Waals surface area contributed by atoms with Crippen LogP contribution in [0.15, 0.2) is 54.7 Å². The first-order valence-electron chi connectivity index (χ1n) is 9.10. The summed E-state index contributed by atoms with van der Waals surface area (Å²) in [6.45, 7) is 0.382. The van der Waals surface area contributed by atoms with Crippen molar-refractivity contribution in [2.75, 3.05) is 6.61 Å². The Hall–Kier alpha value is -3.39. The number of nitrogens with one attached hydrogen (secondary N) is 1. The third kappa shape index (κ3) is 2.84. The zero-order chi connectivity index (χ0) is 20.0. The third-order valence-corrected chi connectivity index (χ3v) is 5.46. The second kappa shape index (κ2) is 6.59. The molecule has 29 heavy (non-hydrogen) atoms. The molecule has 0 bridgehead atoms. The fraction of sp³-hybridized carbons (Fsp3) is 0.200. The third-order valence-electron chi connectivity index (χ3n) is 5.21. The van der Waals surface area contributed by atoms with Gasteiger partial charge in [-0.3, -0.25) is 9.69 Å². The van der Waals surface area contributed by atoms with Crippen LogP contribution < -0.4 is 10.1 Å². The van der Waals surface area contributed by atoms with Crippen LogP contribution in [0.5, 0.6) is 5.75 Å². The van der Waals surface area contributed by atoms with Crippen LogP contribution in [0.4, 0.5) is 4.79 Å². The molecular formula is C20H16ClN5O3. The summed E-state index contributed by atoms with van der Waals surface area (Å²) in [5, 5.41) is 11.7. The molecule has 1 fully saturated rings. The van der Waals surface area contributed by atoms with Crippen molar-refractivity contribution < 1.29 is 14.3 Å².